The van der Waals surface area contributed by atoms with Crippen molar-refractivity contribution in [3.8, 4) is 6.07 Å². The smallest absolute Gasteiger partial charge is 0.273 e. The highest BCUT2D eigenvalue weighted by Gasteiger charge is 2.18. The van der Waals surface area contributed by atoms with Gasteiger partial charge in [-0.15, -0.1) is 11.3 Å². The highest BCUT2D eigenvalue weighted by Crippen LogP contribution is 2.25. The number of nitrogens with zero attached hydrogens (tertiary/aromatic N) is 2. The number of aromatic nitrogens is 1. The molecule has 1 aromatic heterocycles. The van der Waals surface area contributed by atoms with E-state index >= 15 is 0 Å². The first-order valence-electron chi connectivity index (χ1n) is 5.07. The average molecular weight is 358 g/mol. The van der Waals surface area contributed by atoms with Crippen LogP contribution in [0.1, 0.15) is 10.6 Å². The van der Waals surface area contributed by atoms with Crippen LogP contribution in [0.2, 0.25) is 0 Å². The summed E-state index contributed by atoms with van der Waals surface area (Å²) in [5.41, 5.74) is 0.496. The maximum atomic E-state index is 12.1. The summed E-state index contributed by atoms with van der Waals surface area (Å²) in [4.78, 5) is 3.91. The molecule has 1 heterocycles. The number of nitrogens with one attached hydrogen (secondary N) is 1. The molecule has 8 heteroatoms. The number of nitriles is 1. The van der Waals surface area contributed by atoms with Crippen molar-refractivity contribution in [1.29, 1.82) is 5.26 Å². The van der Waals surface area contributed by atoms with Crippen molar-refractivity contribution in [2.45, 2.75) is 11.1 Å². The minimum absolute atomic E-state index is 0.119. The lowest BCUT2D eigenvalue weighted by atomic mass is 10.2. The van der Waals surface area contributed by atoms with E-state index in [1.807, 2.05) is 6.07 Å². The second-order valence-corrected chi connectivity index (χ2v) is 7.67. The molecular formula is C11H8BrN3O2S2. The van der Waals surface area contributed by atoms with Gasteiger partial charge < -0.3 is 0 Å². The number of hydrogen-bond donors (Lipinski definition) is 1. The van der Waals surface area contributed by atoms with Crippen LogP contribution in [-0.2, 0) is 10.0 Å². The van der Waals surface area contributed by atoms with E-state index in [1.54, 1.807) is 25.1 Å². The first kappa shape index (κ1) is 14.0. The topological polar surface area (TPSA) is 82.8 Å². The van der Waals surface area contributed by atoms with Gasteiger partial charge in [-0.3, -0.25) is 4.72 Å². The Balaban J connectivity index is 2.41. The summed E-state index contributed by atoms with van der Waals surface area (Å²) >= 11 is 4.31. The summed E-state index contributed by atoms with van der Waals surface area (Å²) < 4.78 is 27.5. The third kappa shape index (κ3) is 3.12. The number of sulfonamides is 1. The number of aryl methyl sites for hydroxylation is 1. The van der Waals surface area contributed by atoms with Crippen LogP contribution >= 0.6 is 27.3 Å². The lowest BCUT2D eigenvalue weighted by Gasteiger charge is -2.07. The minimum Gasteiger partial charge on any atom is -0.278 e. The summed E-state index contributed by atoms with van der Waals surface area (Å²) in [5, 5.41) is 9.63. The quantitative estimate of drug-likeness (QED) is 0.915. The molecule has 0 aliphatic heterocycles. The molecule has 0 fully saturated rings. The van der Waals surface area contributed by atoms with Gasteiger partial charge in [0.25, 0.3) is 10.0 Å². The average Bonchev–Trinajstić information content (AvgIpc) is 2.76. The number of hydrogen-bond acceptors (Lipinski definition) is 5. The molecule has 98 valence electrons. The van der Waals surface area contributed by atoms with Gasteiger partial charge in [-0.2, -0.15) is 5.26 Å². The van der Waals surface area contributed by atoms with Crippen LogP contribution in [0.5, 0.6) is 0 Å². The molecule has 0 radical (unpaired) electrons. The third-order valence-electron chi connectivity index (χ3n) is 2.21. The van der Waals surface area contributed by atoms with Gasteiger partial charge in [-0.25, -0.2) is 13.4 Å². The van der Waals surface area contributed by atoms with Gasteiger partial charge in [0.2, 0.25) is 0 Å². The first-order valence-corrected chi connectivity index (χ1v) is 8.16. The van der Waals surface area contributed by atoms with Crippen molar-refractivity contribution >= 4 is 43.0 Å². The highest BCUT2D eigenvalue weighted by atomic mass is 79.9. The summed E-state index contributed by atoms with van der Waals surface area (Å²) in [6.45, 7) is 1.73. The first-order chi connectivity index (χ1) is 8.92. The molecule has 0 amide bonds. The van der Waals surface area contributed by atoms with E-state index in [4.69, 9.17) is 5.26 Å². The molecule has 0 atom stereocenters. The van der Waals surface area contributed by atoms with Crippen LogP contribution in [0.25, 0.3) is 0 Å². The van der Waals surface area contributed by atoms with Gasteiger partial charge >= 0.3 is 0 Å². The molecule has 0 aliphatic rings. The van der Waals surface area contributed by atoms with Gasteiger partial charge in [0.05, 0.1) is 22.5 Å². The van der Waals surface area contributed by atoms with Crippen LogP contribution in [0, 0.1) is 18.3 Å². The van der Waals surface area contributed by atoms with Gasteiger partial charge in [0, 0.05) is 4.47 Å². The SMILES string of the molecule is Cc1ncc(S(=O)(=O)Nc2cc(Br)ccc2C#N)s1. The molecule has 2 aromatic rings. The highest BCUT2D eigenvalue weighted by molar-refractivity contribution is 9.10. The summed E-state index contributed by atoms with van der Waals surface area (Å²) in [5.74, 6) is 0. The molecule has 1 N–H and O–H groups in total. The Kier molecular flexibility index (Phi) is 3.89. The Bertz CT molecular complexity index is 762. The van der Waals surface area contributed by atoms with Crippen LogP contribution in [-0.4, -0.2) is 13.4 Å². The summed E-state index contributed by atoms with van der Waals surface area (Å²) in [6.07, 6.45) is 1.30. The van der Waals surface area contributed by atoms with E-state index < -0.39 is 10.0 Å². The Hall–Kier alpha value is -1.43. The molecular weight excluding hydrogens is 350 g/mol. The fourth-order valence-corrected chi connectivity index (χ4v) is 3.90. The third-order valence-corrected chi connectivity index (χ3v) is 5.44. The van der Waals surface area contributed by atoms with E-state index in [0.29, 0.717) is 9.48 Å². The van der Waals surface area contributed by atoms with Crippen LogP contribution in [0.15, 0.2) is 33.1 Å². The largest absolute Gasteiger partial charge is 0.278 e. The summed E-state index contributed by atoms with van der Waals surface area (Å²) in [6, 6.07) is 6.70. The molecule has 0 aliphatic carbocycles. The van der Waals surface area contributed by atoms with Crippen LogP contribution in [0.4, 0.5) is 5.69 Å². The van der Waals surface area contributed by atoms with Crippen molar-refractivity contribution in [2.75, 3.05) is 4.72 Å². The Morgan fingerprint density at radius 3 is 2.79 bits per heavy atom. The fourth-order valence-electron chi connectivity index (χ4n) is 1.36. The predicted molar refractivity (Wildman–Crippen MR) is 76.5 cm³/mol. The van der Waals surface area contributed by atoms with Crippen molar-refractivity contribution in [2.24, 2.45) is 0 Å². The van der Waals surface area contributed by atoms with Crippen LogP contribution in [0.3, 0.4) is 0 Å². The second kappa shape index (κ2) is 5.28. The zero-order valence-corrected chi connectivity index (χ0v) is 12.9. The molecule has 0 saturated heterocycles. The van der Waals surface area contributed by atoms with Crippen molar-refractivity contribution in [3.05, 3.63) is 39.4 Å². The zero-order valence-electron chi connectivity index (χ0n) is 9.71. The lowest BCUT2D eigenvalue weighted by Crippen LogP contribution is -2.12. The van der Waals surface area contributed by atoms with E-state index in [9.17, 15) is 8.42 Å². The lowest BCUT2D eigenvalue weighted by molar-refractivity contribution is 0.603. The number of halogens is 1. The monoisotopic (exact) mass is 357 g/mol. The fraction of sp³-hybridized carbons (Fsp3) is 0.0909. The van der Waals surface area contributed by atoms with Crippen molar-refractivity contribution < 1.29 is 8.42 Å². The van der Waals surface area contributed by atoms with Crippen LogP contribution < -0.4 is 4.72 Å². The normalized spacial score (nSPS) is 11.0. The number of benzene rings is 1. The standard InChI is InChI=1S/C11H8BrN3O2S2/c1-7-14-6-11(18-7)19(16,17)15-10-4-9(12)3-2-8(10)5-13/h2-4,6,15H,1H3. The minimum atomic E-state index is -3.71. The molecule has 0 unspecified atom stereocenters. The van der Waals surface area contributed by atoms with Crippen molar-refractivity contribution in [1.82, 2.24) is 4.98 Å². The maximum Gasteiger partial charge on any atom is 0.273 e. The number of rotatable bonds is 3. The number of anilines is 1. The Morgan fingerprint density at radius 2 is 2.21 bits per heavy atom. The van der Waals surface area contributed by atoms with Gasteiger partial charge in [-0.1, -0.05) is 15.9 Å². The Labute approximate surface area is 123 Å². The van der Waals surface area contributed by atoms with Gasteiger partial charge in [0.1, 0.15) is 6.07 Å². The molecule has 19 heavy (non-hydrogen) atoms. The molecule has 1 aromatic carbocycles. The summed E-state index contributed by atoms with van der Waals surface area (Å²) in [7, 11) is -3.71. The molecule has 0 saturated carbocycles. The molecule has 5 nitrogen and oxygen atoms in total. The van der Waals surface area contributed by atoms with E-state index in [-0.39, 0.29) is 15.5 Å². The van der Waals surface area contributed by atoms with Crippen molar-refractivity contribution in [3.63, 3.8) is 0 Å². The van der Waals surface area contributed by atoms with E-state index in [1.165, 1.54) is 6.20 Å². The zero-order chi connectivity index (χ0) is 14.0. The predicted octanol–water partition coefficient (Wildman–Crippen LogP) is 2.89. The second-order valence-electron chi connectivity index (χ2n) is 3.61. The number of thiazole rings is 1. The van der Waals surface area contributed by atoms with Gasteiger partial charge in [-0.05, 0) is 25.1 Å². The maximum absolute atomic E-state index is 12.1. The Morgan fingerprint density at radius 1 is 1.47 bits per heavy atom. The molecule has 0 spiro atoms. The molecule has 2 rings (SSSR count). The van der Waals surface area contributed by atoms with E-state index in [2.05, 4.69) is 25.6 Å². The molecule has 0 bridgehead atoms. The van der Waals surface area contributed by atoms with E-state index in [0.717, 1.165) is 11.3 Å². The van der Waals surface area contributed by atoms with Gasteiger partial charge in [0.15, 0.2) is 4.21 Å².